The number of hydrogen-bond acceptors (Lipinski definition) is 5. The predicted octanol–water partition coefficient (Wildman–Crippen LogP) is 3.23. The van der Waals surface area contributed by atoms with Crippen LogP contribution in [0.1, 0.15) is 5.56 Å². The Morgan fingerprint density at radius 2 is 1.72 bits per heavy atom. The summed E-state index contributed by atoms with van der Waals surface area (Å²) in [6.45, 7) is 1.33. The number of aliphatic hydroxyl groups excluding tert-OH is 1. The summed E-state index contributed by atoms with van der Waals surface area (Å²) in [5.41, 5.74) is 1.02. The van der Waals surface area contributed by atoms with E-state index < -0.39 is 6.10 Å². The van der Waals surface area contributed by atoms with Gasteiger partial charge >= 0.3 is 0 Å². The topological polar surface area (TPSA) is 51.2 Å². The molecule has 1 N–H and O–H groups in total. The number of ether oxygens (including phenoxy) is 3. The van der Waals surface area contributed by atoms with Gasteiger partial charge in [-0.05, 0) is 37.4 Å². The van der Waals surface area contributed by atoms with Gasteiger partial charge in [-0.1, -0.05) is 17.7 Å². The van der Waals surface area contributed by atoms with Crippen molar-refractivity contribution in [1.82, 2.24) is 4.90 Å². The van der Waals surface area contributed by atoms with Gasteiger partial charge < -0.3 is 19.3 Å². The van der Waals surface area contributed by atoms with Crippen LogP contribution >= 0.6 is 11.6 Å². The van der Waals surface area contributed by atoms with E-state index in [2.05, 4.69) is 0 Å². The van der Waals surface area contributed by atoms with Crippen LogP contribution in [-0.2, 0) is 6.54 Å². The highest BCUT2D eigenvalue weighted by molar-refractivity contribution is 6.30. The summed E-state index contributed by atoms with van der Waals surface area (Å²) in [5.74, 6) is 2.20. The van der Waals surface area contributed by atoms with Gasteiger partial charge in [0.2, 0.25) is 0 Å². The minimum absolute atomic E-state index is 0.214. The summed E-state index contributed by atoms with van der Waals surface area (Å²) in [7, 11) is 5.19. The third-order valence-corrected chi connectivity index (χ3v) is 3.96. The molecular weight excluding hydrogens is 342 g/mol. The number of benzene rings is 2. The first kappa shape index (κ1) is 19.4. The maximum Gasteiger partial charge on any atom is 0.127 e. The normalized spacial score (nSPS) is 12.1. The smallest absolute Gasteiger partial charge is 0.127 e. The van der Waals surface area contributed by atoms with Crippen LogP contribution in [0.3, 0.4) is 0 Å². The van der Waals surface area contributed by atoms with E-state index in [0.29, 0.717) is 23.9 Å². The van der Waals surface area contributed by atoms with Crippen molar-refractivity contribution in [1.29, 1.82) is 0 Å². The number of aliphatic hydroxyl groups is 1. The van der Waals surface area contributed by atoms with Gasteiger partial charge in [-0.3, -0.25) is 4.90 Å². The number of halogens is 1. The van der Waals surface area contributed by atoms with E-state index in [1.807, 2.05) is 30.1 Å². The first-order valence-corrected chi connectivity index (χ1v) is 8.35. The molecule has 136 valence electrons. The molecule has 25 heavy (non-hydrogen) atoms. The maximum absolute atomic E-state index is 10.2. The lowest BCUT2D eigenvalue weighted by Gasteiger charge is -2.22. The van der Waals surface area contributed by atoms with Gasteiger partial charge in [0.05, 0.1) is 14.2 Å². The number of likely N-dealkylation sites (N-methyl/N-ethyl adjacent to an activating group) is 1. The molecule has 0 aliphatic heterocycles. The molecule has 0 radical (unpaired) electrons. The molecule has 0 bridgehead atoms. The molecule has 0 aliphatic carbocycles. The van der Waals surface area contributed by atoms with Gasteiger partial charge in [-0.2, -0.15) is 0 Å². The fraction of sp³-hybridized carbons (Fsp3) is 0.368. The van der Waals surface area contributed by atoms with Crippen molar-refractivity contribution in [2.75, 3.05) is 34.4 Å². The lowest BCUT2D eigenvalue weighted by molar-refractivity contribution is 0.0741. The number of nitrogens with zero attached hydrogens (tertiary/aromatic N) is 1. The Hall–Kier alpha value is -1.95. The van der Waals surface area contributed by atoms with E-state index in [1.54, 1.807) is 38.5 Å². The minimum Gasteiger partial charge on any atom is -0.497 e. The van der Waals surface area contributed by atoms with Gasteiger partial charge in [0.25, 0.3) is 0 Å². The van der Waals surface area contributed by atoms with Gasteiger partial charge in [0.1, 0.15) is 30.0 Å². The zero-order chi connectivity index (χ0) is 18.2. The Morgan fingerprint density at radius 3 is 2.36 bits per heavy atom. The van der Waals surface area contributed by atoms with E-state index in [4.69, 9.17) is 25.8 Å². The molecule has 2 aromatic rings. The van der Waals surface area contributed by atoms with E-state index >= 15 is 0 Å². The van der Waals surface area contributed by atoms with Gasteiger partial charge in [-0.15, -0.1) is 0 Å². The number of methoxy groups -OCH3 is 2. The molecule has 0 spiro atoms. The molecule has 0 heterocycles. The second-order valence-corrected chi connectivity index (χ2v) is 6.23. The van der Waals surface area contributed by atoms with Crippen molar-refractivity contribution < 1.29 is 19.3 Å². The fourth-order valence-electron chi connectivity index (χ4n) is 2.47. The minimum atomic E-state index is -0.607. The number of hydrogen-bond donors (Lipinski definition) is 1. The van der Waals surface area contributed by atoms with Crippen molar-refractivity contribution >= 4 is 11.6 Å². The number of rotatable bonds is 9. The molecule has 2 aromatic carbocycles. The van der Waals surface area contributed by atoms with Gasteiger partial charge in [0.15, 0.2) is 0 Å². The average Bonchev–Trinajstić information content (AvgIpc) is 2.61. The Kier molecular flexibility index (Phi) is 7.37. The van der Waals surface area contributed by atoms with E-state index in [-0.39, 0.29) is 6.61 Å². The van der Waals surface area contributed by atoms with Crippen molar-refractivity contribution in [3.05, 3.63) is 53.1 Å². The molecule has 0 aromatic heterocycles. The summed E-state index contributed by atoms with van der Waals surface area (Å²) in [5, 5.41) is 10.8. The zero-order valence-corrected chi connectivity index (χ0v) is 15.5. The molecule has 1 atom stereocenters. The van der Waals surface area contributed by atoms with Crippen molar-refractivity contribution in [3.63, 3.8) is 0 Å². The molecule has 0 saturated heterocycles. The second kappa shape index (κ2) is 9.51. The first-order valence-electron chi connectivity index (χ1n) is 7.97. The quantitative estimate of drug-likeness (QED) is 0.739. The SMILES string of the molecule is COc1ccc(CN(C)CC(O)COc2ccc(Cl)cc2)c(OC)c1. The Labute approximate surface area is 153 Å². The van der Waals surface area contributed by atoms with Crippen LogP contribution in [0, 0.1) is 0 Å². The third-order valence-electron chi connectivity index (χ3n) is 3.71. The summed E-state index contributed by atoms with van der Waals surface area (Å²) in [6.07, 6.45) is -0.607. The predicted molar refractivity (Wildman–Crippen MR) is 98.8 cm³/mol. The van der Waals surface area contributed by atoms with Crippen LogP contribution in [-0.4, -0.2) is 50.5 Å². The van der Waals surface area contributed by atoms with Crippen LogP contribution in [0.15, 0.2) is 42.5 Å². The van der Waals surface area contributed by atoms with Crippen molar-refractivity contribution in [2.45, 2.75) is 12.6 Å². The van der Waals surface area contributed by atoms with E-state index in [0.717, 1.165) is 17.1 Å². The van der Waals surface area contributed by atoms with Crippen LogP contribution in [0.25, 0.3) is 0 Å². The van der Waals surface area contributed by atoms with Crippen LogP contribution in [0.2, 0.25) is 5.02 Å². The van der Waals surface area contributed by atoms with Gasteiger partial charge in [-0.25, -0.2) is 0 Å². The average molecular weight is 366 g/mol. The molecule has 0 amide bonds. The monoisotopic (exact) mass is 365 g/mol. The first-order chi connectivity index (χ1) is 12.0. The summed E-state index contributed by atoms with van der Waals surface area (Å²) < 4.78 is 16.2. The molecular formula is C19H24ClNO4. The molecule has 6 heteroatoms. The highest BCUT2D eigenvalue weighted by atomic mass is 35.5. The Morgan fingerprint density at radius 1 is 1.04 bits per heavy atom. The highest BCUT2D eigenvalue weighted by Crippen LogP contribution is 2.25. The van der Waals surface area contributed by atoms with Crippen LogP contribution in [0.4, 0.5) is 0 Å². The van der Waals surface area contributed by atoms with Crippen molar-refractivity contribution in [2.24, 2.45) is 0 Å². The van der Waals surface area contributed by atoms with Crippen molar-refractivity contribution in [3.8, 4) is 17.2 Å². The summed E-state index contributed by atoms with van der Waals surface area (Å²) in [6, 6.07) is 12.8. The van der Waals surface area contributed by atoms with Gasteiger partial charge in [0, 0.05) is 29.7 Å². The molecule has 0 saturated carbocycles. The molecule has 1 unspecified atom stereocenters. The summed E-state index contributed by atoms with van der Waals surface area (Å²) in [4.78, 5) is 2.01. The fourth-order valence-corrected chi connectivity index (χ4v) is 2.60. The Balaban J connectivity index is 1.84. The largest absolute Gasteiger partial charge is 0.497 e. The standard InChI is InChI=1S/C19H24ClNO4/c1-21(11-14-4-7-18(23-2)10-19(14)24-3)12-16(22)13-25-17-8-5-15(20)6-9-17/h4-10,16,22H,11-13H2,1-3H3. The highest BCUT2D eigenvalue weighted by Gasteiger charge is 2.12. The third kappa shape index (κ3) is 6.12. The van der Waals surface area contributed by atoms with E-state index in [1.165, 1.54) is 0 Å². The maximum atomic E-state index is 10.2. The molecule has 0 fully saturated rings. The lowest BCUT2D eigenvalue weighted by atomic mass is 10.1. The zero-order valence-electron chi connectivity index (χ0n) is 14.7. The van der Waals surface area contributed by atoms with E-state index in [9.17, 15) is 5.11 Å². The Bertz CT molecular complexity index is 663. The van der Waals surface area contributed by atoms with Crippen LogP contribution in [0.5, 0.6) is 17.2 Å². The molecule has 2 rings (SSSR count). The lowest BCUT2D eigenvalue weighted by Crippen LogP contribution is -2.32. The van der Waals surface area contributed by atoms with Crippen LogP contribution < -0.4 is 14.2 Å². The molecule has 0 aliphatic rings. The molecule has 5 nitrogen and oxygen atoms in total. The summed E-state index contributed by atoms with van der Waals surface area (Å²) >= 11 is 5.83. The second-order valence-electron chi connectivity index (χ2n) is 5.79.